The zero-order valence-corrected chi connectivity index (χ0v) is 11.6. The number of carbonyl (C=O) groups excluding carboxylic acids is 1. The van der Waals surface area contributed by atoms with E-state index in [4.69, 9.17) is 0 Å². The van der Waals surface area contributed by atoms with Crippen molar-refractivity contribution in [2.45, 2.75) is 13.1 Å². The van der Waals surface area contributed by atoms with Gasteiger partial charge in [0.25, 0.3) is 5.91 Å². The molecule has 4 nitrogen and oxygen atoms in total. The van der Waals surface area contributed by atoms with Gasteiger partial charge in [0, 0.05) is 31.7 Å². The summed E-state index contributed by atoms with van der Waals surface area (Å²) >= 11 is 0. The molecule has 0 saturated heterocycles. The van der Waals surface area contributed by atoms with E-state index in [1.54, 1.807) is 0 Å². The number of amides is 1. The van der Waals surface area contributed by atoms with Crippen molar-refractivity contribution in [2.24, 2.45) is 0 Å². The van der Waals surface area contributed by atoms with Gasteiger partial charge in [-0.1, -0.05) is 6.07 Å². The van der Waals surface area contributed by atoms with Gasteiger partial charge in [0.05, 0.1) is 0 Å². The Balaban J connectivity index is 0.00000162. The predicted molar refractivity (Wildman–Crippen MR) is 75.1 cm³/mol. The van der Waals surface area contributed by atoms with Crippen LogP contribution in [0.1, 0.15) is 21.5 Å². The molecule has 0 aromatic heterocycles. The average molecular weight is 270 g/mol. The second kappa shape index (κ2) is 6.73. The highest BCUT2D eigenvalue weighted by Gasteiger charge is 2.12. The first-order chi connectivity index (χ1) is 8.16. The first kappa shape index (κ1) is 15.0. The van der Waals surface area contributed by atoms with Gasteiger partial charge >= 0.3 is 0 Å². The second-order valence-electron chi connectivity index (χ2n) is 4.65. The van der Waals surface area contributed by atoms with Crippen molar-refractivity contribution in [1.82, 2.24) is 15.5 Å². The third-order valence-corrected chi connectivity index (χ3v) is 2.94. The number of nitrogens with one attached hydrogen (secondary N) is 2. The normalized spacial score (nSPS) is 13.1. The Labute approximate surface area is 114 Å². The van der Waals surface area contributed by atoms with Crippen molar-refractivity contribution in [3.05, 3.63) is 34.9 Å². The lowest BCUT2D eigenvalue weighted by molar-refractivity contribution is 0.0951. The van der Waals surface area contributed by atoms with Crippen molar-refractivity contribution in [3.63, 3.8) is 0 Å². The predicted octanol–water partition coefficient (Wildman–Crippen LogP) is 1.00. The van der Waals surface area contributed by atoms with E-state index in [-0.39, 0.29) is 18.3 Å². The van der Waals surface area contributed by atoms with Gasteiger partial charge in [-0.05, 0) is 37.4 Å². The van der Waals surface area contributed by atoms with Gasteiger partial charge in [0.15, 0.2) is 0 Å². The standard InChI is InChI=1S/C13H19N3O.ClH/c1-16(2)6-5-15-13(17)10-3-4-11-8-14-9-12(11)7-10;/h3-4,7,14H,5-6,8-9H2,1-2H3,(H,15,17);1H. The molecular formula is C13H20ClN3O. The molecule has 2 rings (SSSR count). The number of likely N-dealkylation sites (N-methyl/N-ethyl adjacent to an activating group) is 1. The molecular weight excluding hydrogens is 250 g/mol. The fourth-order valence-electron chi connectivity index (χ4n) is 1.93. The van der Waals surface area contributed by atoms with E-state index in [2.05, 4.69) is 10.6 Å². The van der Waals surface area contributed by atoms with Gasteiger partial charge in [-0.3, -0.25) is 4.79 Å². The fraction of sp³-hybridized carbons (Fsp3) is 0.462. The lowest BCUT2D eigenvalue weighted by Crippen LogP contribution is -2.31. The van der Waals surface area contributed by atoms with E-state index >= 15 is 0 Å². The molecule has 0 radical (unpaired) electrons. The average Bonchev–Trinajstić information content (AvgIpc) is 2.75. The number of rotatable bonds is 4. The molecule has 2 N–H and O–H groups in total. The third kappa shape index (κ3) is 3.70. The summed E-state index contributed by atoms with van der Waals surface area (Å²) in [5.41, 5.74) is 3.30. The molecule has 0 fully saturated rings. The Hall–Kier alpha value is -1.10. The molecule has 5 heteroatoms. The van der Waals surface area contributed by atoms with E-state index in [0.29, 0.717) is 6.54 Å². The smallest absolute Gasteiger partial charge is 0.251 e. The van der Waals surface area contributed by atoms with E-state index < -0.39 is 0 Å². The number of fused-ring (bicyclic) bond motifs is 1. The Morgan fingerprint density at radius 2 is 2.06 bits per heavy atom. The van der Waals surface area contributed by atoms with Crippen molar-refractivity contribution < 1.29 is 4.79 Å². The zero-order chi connectivity index (χ0) is 12.3. The van der Waals surface area contributed by atoms with Crippen LogP contribution in [0.15, 0.2) is 18.2 Å². The molecule has 1 aliphatic heterocycles. The monoisotopic (exact) mass is 269 g/mol. The van der Waals surface area contributed by atoms with Crippen molar-refractivity contribution in [1.29, 1.82) is 0 Å². The molecule has 0 atom stereocenters. The number of carbonyl (C=O) groups is 1. The number of nitrogens with zero attached hydrogens (tertiary/aromatic N) is 1. The highest BCUT2D eigenvalue weighted by atomic mass is 35.5. The van der Waals surface area contributed by atoms with Crippen LogP contribution in [0, 0.1) is 0 Å². The molecule has 100 valence electrons. The minimum atomic E-state index is 0. The molecule has 0 aliphatic carbocycles. The molecule has 1 aromatic carbocycles. The number of hydrogen-bond donors (Lipinski definition) is 2. The molecule has 1 heterocycles. The fourth-order valence-corrected chi connectivity index (χ4v) is 1.93. The Bertz CT molecular complexity index is 421. The minimum absolute atomic E-state index is 0. The summed E-state index contributed by atoms with van der Waals surface area (Å²) in [6.07, 6.45) is 0. The maximum Gasteiger partial charge on any atom is 0.251 e. The lowest BCUT2D eigenvalue weighted by atomic mass is 10.1. The van der Waals surface area contributed by atoms with Crippen LogP contribution in [-0.4, -0.2) is 38.0 Å². The highest BCUT2D eigenvalue weighted by Crippen LogP contribution is 2.16. The summed E-state index contributed by atoms with van der Waals surface area (Å²) in [5.74, 6) is 0.0153. The summed E-state index contributed by atoms with van der Waals surface area (Å²) in [5, 5.41) is 6.19. The molecule has 18 heavy (non-hydrogen) atoms. The van der Waals surface area contributed by atoms with Gasteiger partial charge in [-0.15, -0.1) is 12.4 Å². The van der Waals surface area contributed by atoms with Crippen LogP contribution >= 0.6 is 12.4 Å². The van der Waals surface area contributed by atoms with Crippen LogP contribution in [0.5, 0.6) is 0 Å². The van der Waals surface area contributed by atoms with Crippen molar-refractivity contribution in [3.8, 4) is 0 Å². The number of hydrogen-bond acceptors (Lipinski definition) is 3. The maximum atomic E-state index is 11.9. The SMILES string of the molecule is CN(C)CCNC(=O)c1ccc2c(c1)CNC2.Cl. The largest absolute Gasteiger partial charge is 0.351 e. The second-order valence-corrected chi connectivity index (χ2v) is 4.65. The lowest BCUT2D eigenvalue weighted by Gasteiger charge is -2.10. The van der Waals surface area contributed by atoms with Crippen molar-refractivity contribution >= 4 is 18.3 Å². The Morgan fingerprint density at radius 1 is 1.33 bits per heavy atom. The summed E-state index contributed by atoms with van der Waals surface area (Å²) < 4.78 is 0. The molecule has 1 aliphatic rings. The Morgan fingerprint density at radius 3 is 2.78 bits per heavy atom. The topological polar surface area (TPSA) is 44.4 Å². The third-order valence-electron chi connectivity index (χ3n) is 2.94. The van der Waals surface area contributed by atoms with Crippen LogP contribution in [-0.2, 0) is 13.1 Å². The van der Waals surface area contributed by atoms with E-state index in [1.165, 1.54) is 11.1 Å². The molecule has 1 amide bonds. The van der Waals surface area contributed by atoms with Crippen LogP contribution in [0.2, 0.25) is 0 Å². The first-order valence-electron chi connectivity index (χ1n) is 5.92. The van der Waals surface area contributed by atoms with Gasteiger partial charge in [0.2, 0.25) is 0 Å². The Kier molecular flexibility index (Phi) is 5.59. The molecule has 0 saturated carbocycles. The molecule has 0 unspecified atom stereocenters. The van der Waals surface area contributed by atoms with Crippen LogP contribution < -0.4 is 10.6 Å². The quantitative estimate of drug-likeness (QED) is 0.857. The van der Waals surface area contributed by atoms with Crippen LogP contribution in [0.25, 0.3) is 0 Å². The highest BCUT2D eigenvalue weighted by molar-refractivity contribution is 5.94. The first-order valence-corrected chi connectivity index (χ1v) is 5.92. The van der Waals surface area contributed by atoms with Gasteiger partial charge < -0.3 is 15.5 Å². The summed E-state index contributed by atoms with van der Waals surface area (Å²) in [4.78, 5) is 13.9. The molecule has 1 aromatic rings. The van der Waals surface area contributed by atoms with E-state index in [0.717, 1.165) is 25.2 Å². The van der Waals surface area contributed by atoms with Gasteiger partial charge in [-0.25, -0.2) is 0 Å². The number of halogens is 1. The zero-order valence-electron chi connectivity index (χ0n) is 10.8. The maximum absolute atomic E-state index is 11.9. The van der Waals surface area contributed by atoms with Crippen molar-refractivity contribution in [2.75, 3.05) is 27.2 Å². The van der Waals surface area contributed by atoms with Gasteiger partial charge in [-0.2, -0.15) is 0 Å². The number of benzene rings is 1. The van der Waals surface area contributed by atoms with Crippen LogP contribution in [0.4, 0.5) is 0 Å². The molecule has 0 bridgehead atoms. The van der Waals surface area contributed by atoms with Crippen LogP contribution in [0.3, 0.4) is 0 Å². The summed E-state index contributed by atoms with van der Waals surface area (Å²) in [6, 6.07) is 5.92. The summed E-state index contributed by atoms with van der Waals surface area (Å²) in [6.45, 7) is 3.32. The van der Waals surface area contributed by atoms with Gasteiger partial charge in [0.1, 0.15) is 0 Å². The summed E-state index contributed by atoms with van der Waals surface area (Å²) in [7, 11) is 3.99. The minimum Gasteiger partial charge on any atom is -0.351 e. The molecule has 0 spiro atoms. The van der Waals surface area contributed by atoms with E-state index in [1.807, 2.05) is 37.2 Å². The van der Waals surface area contributed by atoms with E-state index in [9.17, 15) is 4.79 Å².